The van der Waals surface area contributed by atoms with Crippen molar-refractivity contribution in [2.75, 3.05) is 7.11 Å². The van der Waals surface area contributed by atoms with Crippen LogP contribution < -0.4 is 4.84 Å². The number of carbonyl (C=O) groups is 4. The minimum absolute atomic E-state index is 0.0450. The van der Waals surface area contributed by atoms with Crippen LogP contribution in [0.4, 0.5) is 0 Å². The quantitative estimate of drug-likeness (QED) is 0.294. The molecule has 1 aliphatic heterocycles. The number of imidazole rings is 1. The maximum atomic E-state index is 12.4. The molecule has 3 heterocycles. The highest BCUT2D eigenvalue weighted by atomic mass is 35.5. The maximum absolute atomic E-state index is 12.4. The van der Waals surface area contributed by atoms with Gasteiger partial charge in [0.15, 0.2) is 23.5 Å². The molecule has 0 aromatic carbocycles. The number of fused-ring (bicyclic) bond motifs is 1. The summed E-state index contributed by atoms with van der Waals surface area (Å²) in [6.07, 6.45) is -5.32. The molecular weight excluding hydrogens is 468 g/mol. The lowest BCUT2D eigenvalue weighted by atomic mass is 9.98. The minimum Gasteiger partial charge on any atom is -0.467 e. The molecule has 0 spiro atoms. The number of halogens is 1. The van der Waals surface area contributed by atoms with Crippen LogP contribution in [0.25, 0.3) is 11.2 Å². The lowest BCUT2D eigenvalue weighted by molar-refractivity contribution is -0.300. The molecule has 15 heteroatoms. The summed E-state index contributed by atoms with van der Waals surface area (Å²) in [7, 11) is 1.08. The number of methoxy groups -OCH3 is 1. The van der Waals surface area contributed by atoms with Gasteiger partial charge >= 0.3 is 23.9 Å². The van der Waals surface area contributed by atoms with Crippen LogP contribution in [0.5, 0.6) is 0 Å². The fraction of sp³-hybridized carbons (Fsp3) is 0.500. The average molecular weight is 487 g/mol. The van der Waals surface area contributed by atoms with Crippen LogP contribution in [0.2, 0.25) is 5.15 Å². The molecule has 2 aromatic heterocycles. The lowest BCUT2D eigenvalue weighted by Gasteiger charge is -2.42. The zero-order valence-corrected chi connectivity index (χ0v) is 18.5. The van der Waals surface area contributed by atoms with Crippen LogP contribution >= 0.6 is 11.6 Å². The van der Waals surface area contributed by atoms with Crippen molar-refractivity contribution < 1.29 is 47.7 Å². The van der Waals surface area contributed by atoms with Gasteiger partial charge in [-0.25, -0.2) is 19.7 Å². The SMILES string of the molecule is COC(=O)[C@H]1O[C@@H](On2cnc3c(Cl)ncnc32)[C@H](OC(C)=O)[C@@H](OC(C)=O)[C@@H]1OC(C)=O. The maximum Gasteiger partial charge on any atom is 0.339 e. The molecule has 33 heavy (non-hydrogen) atoms. The molecule has 14 nitrogen and oxygen atoms in total. The van der Waals surface area contributed by atoms with Gasteiger partial charge < -0.3 is 28.5 Å². The van der Waals surface area contributed by atoms with Crippen LogP contribution in [0.15, 0.2) is 12.7 Å². The summed E-state index contributed by atoms with van der Waals surface area (Å²) < 4.78 is 27.1. The topological polar surface area (TPSA) is 167 Å². The van der Waals surface area contributed by atoms with E-state index in [2.05, 4.69) is 15.0 Å². The Morgan fingerprint density at radius 1 is 0.939 bits per heavy atom. The van der Waals surface area contributed by atoms with Crippen molar-refractivity contribution in [3.63, 3.8) is 0 Å². The highest BCUT2D eigenvalue weighted by Gasteiger charge is 2.56. The third kappa shape index (κ3) is 5.28. The van der Waals surface area contributed by atoms with E-state index in [0.717, 1.165) is 38.9 Å². The second-order valence-electron chi connectivity index (χ2n) is 6.68. The molecule has 1 aliphatic rings. The second kappa shape index (κ2) is 9.95. The largest absolute Gasteiger partial charge is 0.467 e. The zero-order valence-electron chi connectivity index (χ0n) is 17.8. The van der Waals surface area contributed by atoms with Gasteiger partial charge in [0.1, 0.15) is 18.2 Å². The molecule has 0 aliphatic carbocycles. The molecule has 0 amide bonds. The van der Waals surface area contributed by atoms with E-state index in [-0.39, 0.29) is 16.3 Å². The molecule has 3 rings (SSSR count). The predicted molar refractivity (Wildman–Crippen MR) is 104 cm³/mol. The van der Waals surface area contributed by atoms with E-state index >= 15 is 0 Å². The summed E-state index contributed by atoms with van der Waals surface area (Å²) in [4.78, 5) is 65.3. The van der Waals surface area contributed by atoms with Crippen LogP contribution in [-0.2, 0) is 42.9 Å². The molecule has 5 atom stereocenters. The van der Waals surface area contributed by atoms with Crippen molar-refractivity contribution in [1.82, 2.24) is 19.7 Å². The third-order valence-corrected chi connectivity index (χ3v) is 4.59. The molecular formula is C18H19ClN4O10. The van der Waals surface area contributed by atoms with Gasteiger partial charge in [-0.15, -0.1) is 4.73 Å². The predicted octanol–water partition coefficient (Wildman–Crippen LogP) is -0.399. The fourth-order valence-electron chi connectivity index (χ4n) is 3.14. The number of rotatable bonds is 6. The minimum atomic E-state index is -1.60. The first kappa shape index (κ1) is 24.1. The van der Waals surface area contributed by atoms with Gasteiger partial charge in [-0.2, -0.15) is 0 Å². The van der Waals surface area contributed by atoms with Crippen LogP contribution in [-0.4, -0.2) is 81.4 Å². The smallest absolute Gasteiger partial charge is 0.339 e. The van der Waals surface area contributed by atoms with Gasteiger partial charge in [-0.05, 0) is 0 Å². The number of esters is 4. The van der Waals surface area contributed by atoms with Crippen molar-refractivity contribution in [3.05, 3.63) is 17.8 Å². The Kier molecular flexibility index (Phi) is 7.28. The molecule has 0 saturated carbocycles. The molecule has 178 valence electrons. The lowest BCUT2D eigenvalue weighted by Crippen LogP contribution is -2.65. The molecule has 0 bridgehead atoms. The molecule has 0 N–H and O–H groups in total. The van der Waals surface area contributed by atoms with Crippen molar-refractivity contribution in [1.29, 1.82) is 0 Å². The summed E-state index contributed by atoms with van der Waals surface area (Å²) in [5, 5.41) is 0.0450. The van der Waals surface area contributed by atoms with E-state index in [1.165, 1.54) is 6.33 Å². The van der Waals surface area contributed by atoms with Crippen LogP contribution in [0.1, 0.15) is 20.8 Å². The Hall–Kier alpha value is -3.52. The number of hydrogen-bond acceptors (Lipinski definition) is 13. The monoisotopic (exact) mass is 486 g/mol. The van der Waals surface area contributed by atoms with Crippen molar-refractivity contribution in [3.8, 4) is 0 Å². The van der Waals surface area contributed by atoms with Gasteiger partial charge in [-0.1, -0.05) is 11.6 Å². The molecule has 2 aromatic rings. The standard InChI is InChI=1S/C18H19ClN4O10/c1-7(24)29-11-12(30-8(2)25)14(31-9(3)26)18(32-13(11)17(27)28-4)33-23-6-22-10-15(19)20-5-21-16(10)23/h5-6,11-14,18H,1-4H3/t11-,12-,13-,14+,18-/m0/s1. The second-order valence-corrected chi connectivity index (χ2v) is 7.04. The molecule has 0 radical (unpaired) electrons. The van der Waals surface area contributed by atoms with Gasteiger partial charge in [0.05, 0.1) is 7.11 Å². The Balaban J connectivity index is 2.06. The highest BCUT2D eigenvalue weighted by molar-refractivity contribution is 6.33. The van der Waals surface area contributed by atoms with E-state index in [9.17, 15) is 19.2 Å². The van der Waals surface area contributed by atoms with Crippen molar-refractivity contribution >= 4 is 46.6 Å². The van der Waals surface area contributed by atoms with E-state index in [4.69, 9.17) is 40.1 Å². The van der Waals surface area contributed by atoms with Gasteiger partial charge in [0.25, 0.3) is 6.29 Å². The summed E-state index contributed by atoms with van der Waals surface area (Å²) in [6.45, 7) is 3.24. The number of carbonyl (C=O) groups excluding carboxylic acids is 4. The highest BCUT2D eigenvalue weighted by Crippen LogP contribution is 2.30. The van der Waals surface area contributed by atoms with Crippen molar-refractivity contribution in [2.24, 2.45) is 0 Å². The van der Waals surface area contributed by atoms with E-state index in [1.807, 2.05) is 0 Å². The number of nitrogens with zero attached hydrogens (tertiary/aromatic N) is 4. The Labute approximate surface area is 191 Å². The first-order valence-corrected chi connectivity index (χ1v) is 9.75. The zero-order chi connectivity index (χ0) is 24.3. The van der Waals surface area contributed by atoms with Gasteiger partial charge in [-0.3, -0.25) is 14.4 Å². The molecule has 1 fully saturated rings. The third-order valence-electron chi connectivity index (χ3n) is 4.31. The Bertz CT molecular complexity index is 1080. The Morgan fingerprint density at radius 2 is 1.55 bits per heavy atom. The van der Waals surface area contributed by atoms with Crippen molar-refractivity contribution in [2.45, 2.75) is 51.5 Å². The fourth-order valence-corrected chi connectivity index (χ4v) is 3.32. The van der Waals surface area contributed by atoms with Crippen LogP contribution in [0, 0.1) is 0 Å². The van der Waals surface area contributed by atoms with Gasteiger partial charge in [0.2, 0.25) is 11.8 Å². The van der Waals surface area contributed by atoms with E-state index < -0.39 is 54.6 Å². The first-order chi connectivity index (χ1) is 15.6. The normalized spacial score (nSPS) is 24.6. The number of hydrogen-bond donors (Lipinski definition) is 0. The van der Waals surface area contributed by atoms with Gasteiger partial charge in [0, 0.05) is 20.8 Å². The average Bonchev–Trinajstić information content (AvgIpc) is 3.14. The molecule has 0 unspecified atom stereocenters. The van der Waals surface area contributed by atoms with E-state index in [1.54, 1.807) is 0 Å². The summed E-state index contributed by atoms with van der Waals surface area (Å²) in [5.74, 6) is -3.39. The number of ether oxygens (including phenoxy) is 5. The summed E-state index contributed by atoms with van der Waals surface area (Å²) >= 11 is 5.99. The molecule has 1 saturated heterocycles. The Morgan fingerprint density at radius 3 is 2.15 bits per heavy atom. The number of aromatic nitrogens is 4. The summed E-state index contributed by atoms with van der Waals surface area (Å²) in [5.41, 5.74) is 0.318. The summed E-state index contributed by atoms with van der Waals surface area (Å²) in [6, 6.07) is 0. The van der Waals surface area contributed by atoms with Crippen LogP contribution in [0.3, 0.4) is 0 Å². The first-order valence-electron chi connectivity index (χ1n) is 9.38. The van der Waals surface area contributed by atoms with E-state index in [0.29, 0.717) is 0 Å².